The number of pyridine rings is 1. The van der Waals surface area contributed by atoms with Crippen LogP contribution >= 0.6 is 0 Å². The van der Waals surface area contributed by atoms with Crippen LogP contribution in [0, 0.1) is 0 Å². The Morgan fingerprint density at radius 3 is 1.76 bits per heavy atom. The summed E-state index contributed by atoms with van der Waals surface area (Å²) < 4.78 is 0. The highest BCUT2D eigenvalue weighted by Crippen LogP contribution is 2.56. The predicted octanol–water partition coefficient (Wildman–Crippen LogP) is 10.7. The van der Waals surface area contributed by atoms with E-state index in [0.717, 1.165) is 17.2 Å². The van der Waals surface area contributed by atoms with Crippen LogP contribution in [0.3, 0.4) is 0 Å². The van der Waals surface area contributed by atoms with Gasteiger partial charge >= 0.3 is 0 Å². The molecular formula is C39H26N2. The van der Waals surface area contributed by atoms with Crippen LogP contribution in [0.5, 0.6) is 0 Å². The van der Waals surface area contributed by atoms with E-state index in [9.17, 15) is 0 Å². The van der Waals surface area contributed by atoms with E-state index >= 15 is 0 Å². The quantitative estimate of drug-likeness (QED) is 0.228. The van der Waals surface area contributed by atoms with Crippen LogP contribution in [-0.4, -0.2) is 4.98 Å². The van der Waals surface area contributed by atoms with Crippen LogP contribution in [0.15, 0.2) is 158 Å². The minimum Gasteiger partial charge on any atom is -0.293 e. The highest BCUT2D eigenvalue weighted by Gasteiger charge is 2.31. The van der Waals surface area contributed by atoms with Gasteiger partial charge in [-0.1, -0.05) is 133 Å². The minimum atomic E-state index is 0.902. The van der Waals surface area contributed by atoms with Gasteiger partial charge in [0.1, 0.15) is 5.82 Å². The summed E-state index contributed by atoms with van der Waals surface area (Å²) in [4.78, 5) is 7.27. The molecule has 2 nitrogen and oxygen atoms in total. The van der Waals surface area contributed by atoms with Crippen LogP contribution in [-0.2, 0) is 0 Å². The van der Waals surface area contributed by atoms with Gasteiger partial charge in [-0.15, -0.1) is 0 Å². The molecule has 41 heavy (non-hydrogen) atoms. The number of hydrogen-bond donors (Lipinski definition) is 0. The molecule has 0 bridgehead atoms. The third-order valence-electron chi connectivity index (χ3n) is 8.06. The summed E-state index contributed by atoms with van der Waals surface area (Å²) in [7, 11) is 0. The van der Waals surface area contributed by atoms with Crippen molar-refractivity contribution in [3.05, 3.63) is 158 Å². The van der Waals surface area contributed by atoms with E-state index in [2.05, 4.69) is 150 Å². The third kappa shape index (κ3) is 3.76. The Kier molecular flexibility index (Phi) is 5.49. The molecule has 7 aromatic rings. The van der Waals surface area contributed by atoms with Gasteiger partial charge < -0.3 is 0 Å². The molecule has 2 heterocycles. The Labute approximate surface area is 239 Å². The van der Waals surface area contributed by atoms with Gasteiger partial charge in [-0.05, 0) is 57.0 Å². The molecule has 0 unspecified atom stereocenters. The average molecular weight is 523 g/mol. The Morgan fingerprint density at radius 1 is 0.415 bits per heavy atom. The lowest BCUT2D eigenvalue weighted by Crippen LogP contribution is -2.17. The first kappa shape index (κ1) is 23.4. The monoisotopic (exact) mass is 522 g/mol. The fourth-order valence-electron chi connectivity index (χ4n) is 6.32. The fourth-order valence-corrected chi connectivity index (χ4v) is 6.32. The number of anilines is 3. The Hall–Kier alpha value is -5.47. The second kappa shape index (κ2) is 9.62. The highest BCUT2D eigenvalue weighted by molar-refractivity contribution is 6.17. The Balaban J connectivity index is 1.56. The minimum absolute atomic E-state index is 0.902. The first-order valence-corrected chi connectivity index (χ1v) is 14.0. The van der Waals surface area contributed by atoms with Crippen LogP contribution < -0.4 is 4.90 Å². The Morgan fingerprint density at radius 2 is 1.02 bits per heavy atom. The van der Waals surface area contributed by atoms with Crippen molar-refractivity contribution in [3.63, 3.8) is 0 Å². The van der Waals surface area contributed by atoms with Gasteiger partial charge in [-0.25, -0.2) is 4.98 Å². The summed E-state index contributed by atoms with van der Waals surface area (Å²) in [5.74, 6) is 0.902. The van der Waals surface area contributed by atoms with Crippen molar-refractivity contribution in [2.75, 3.05) is 4.90 Å². The lowest BCUT2D eigenvalue weighted by atomic mass is 9.82. The molecule has 1 aliphatic heterocycles. The van der Waals surface area contributed by atoms with Crippen molar-refractivity contribution in [1.29, 1.82) is 0 Å². The number of nitrogens with zero attached hydrogens (tertiary/aromatic N) is 2. The van der Waals surface area contributed by atoms with Crippen molar-refractivity contribution in [2.24, 2.45) is 0 Å². The first-order valence-electron chi connectivity index (χ1n) is 14.0. The summed E-state index contributed by atoms with van der Waals surface area (Å²) in [6.45, 7) is 0. The molecule has 0 aliphatic carbocycles. The molecule has 0 amide bonds. The van der Waals surface area contributed by atoms with E-state index in [1.54, 1.807) is 0 Å². The zero-order chi connectivity index (χ0) is 27.2. The van der Waals surface area contributed by atoms with Gasteiger partial charge in [0, 0.05) is 22.7 Å². The number of benzene rings is 6. The van der Waals surface area contributed by atoms with Crippen molar-refractivity contribution in [3.8, 4) is 44.5 Å². The van der Waals surface area contributed by atoms with Gasteiger partial charge in [0.25, 0.3) is 0 Å². The van der Waals surface area contributed by atoms with E-state index in [1.807, 2.05) is 12.3 Å². The summed E-state index contributed by atoms with van der Waals surface area (Å²) in [5.41, 5.74) is 11.9. The lowest BCUT2D eigenvalue weighted by Gasteiger charge is -2.35. The summed E-state index contributed by atoms with van der Waals surface area (Å²) in [6, 6.07) is 54.2. The molecule has 0 radical (unpaired) electrons. The molecule has 0 N–H and O–H groups in total. The second-order valence-corrected chi connectivity index (χ2v) is 10.4. The normalized spacial score (nSPS) is 11.9. The van der Waals surface area contributed by atoms with Crippen molar-refractivity contribution in [1.82, 2.24) is 4.98 Å². The van der Waals surface area contributed by atoms with E-state index < -0.39 is 0 Å². The molecule has 1 aromatic heterocycles. The maximum atomic E-state index is 4.90. The molecule has 2 heteroatoms. The third-order valence-corrected chi connectivity index (χ3v) is 8.06. The molecule has 1 aliphatic rings. The highest BCUT2D eigenvalue weighted by atomic mass is 15.2. The summed E-state index contributed by atoms with van der Waals surface area (Å²) in [6.07, 6.45) is 1.88. The van der Waals surface area contributed by atoms with E-state index in [0.29, 0.717) is 0 Å². The van der Waals surface area contributed by atoms with Gasteiger partial charge in [0.15, 0.2) is 0 Å². The summed E-state index contributed by atoms with van der Waals surface area (Å²) in [5, 5.41) is 2.48. The maximum Gasteiger partial charge on any atom is 0.137 e. The molecule has 6 aromatic carbocycles. The van der Waals surface area contributed by atoms with Crippen molar-refractivity contribution >= 4 is 28.0 Å². The van der Waals surface area contributed by atoms with Crippen LogP contribution in [0.25, 0.3) is 55.3 Å². The predicted molar refractivity (Wildman–Crippen MR) is 172 cm³/mol. The van der Waals surface area contributed by atoms with Crippen LogP contribution in [0.4, 0.5) is 17.2 Å². The maximum absolute atomic E-state index is 4.90. The van der Waals surface area contributed by atoms with Gasteiger partial charge in [0.05, 0.1) is 11.4 Å². The van der Waals surface area contributed by atoms with E-state index in [4.69, 9.17) is 4.98 Å². The summed E-state index contributed by atoms with van der Waals surface area (Å²) >= 11 is 0. The van der Waals surface area contributed by atoms with E-state index in [1.165, 1.54) is 55.3 Å². The molecule has 0 saturated carbocycles. The van der Waals surface area contributed by atoms with Gasteiger partial charge in [-0.3, -0.25) is 4.90 Å². The zero-order valence-corrected chi connectivity index (χ0v) is 22.4. The molecule has 0 fully saturated rings. The van der Waals surface area contributed by atoms with Crippen molar-refractivity contribution < 1.29 is 0 Å². The number of fused-ring (bicyclic) bond motifs is 2. The molecule has 0 atom stereocenters. The van der Waals surface area contributed by atoms with Gasteiger partial charge in [-0.2, -0.15) is 0 Å². The van der Waals surface area contributed by atoms with Crippen LogP contribution in [0.2, 0.25) is 0 Å². The molecule has 0 saturated heterocycles. The topological polar surface area (TPSA) is 16.1 Å². The zero-order valence-electron chi connectivity index (χ0n) is 22.4. The van der Waals surface area contributed by atoms with Crippen LogP contribution in [0.1, 0.15) is 0 Å². The number of aromatic nitrogens is 1. The molecule has 192 valence electrons. The standard InChI is InChI=1S/C39H26N2/c1-3-13-27(14-4-1)30-19-7-8-20-32(30)38-31(28-15-5-2-6-16-28)24-25-34-33-21-11-17-29-18-12-22-35(37(29)33)41(39(34)38)36-23-9-10-26-40-36/h1-26H. The second-order valence-electron chi connectivity index (χ2n) is 10.4. The SMILES string of the molecule is c1ccc(-c2ccccc2-c2c(-c3ccccc3)ccc3c2N(c2ccccn2)c2cccc4cccc-3c24)cc1. The van der Waals surface area contributed by atoms with E-state index in [-0.39, 0.29) is 0 Å². The average Bonchev–Trinajstić information content (AvgIpc) is 3.06. The molecular weight excluding hydrogens is 496 g/mol. The molecule has 8 rings (SSSR count). The molecule has 0 spiro atoms. The smallest absolute Gasteiger partial charge is 0.137 e. The first-order chi connectivity index (χ1) is 20.4. The van der Waals surface area contributed by atoms with Crippen molar-refractivity contribution in [2.45, 2.75) is 0 Å². The number of rotatable bonds is 4. The van der Waals surface area contributed by atoms with Gasteiger partial charge in [0.2, 0.25) is 0 Å². The Bertz CT molecular complexity index is 2030. The number of hydrogen-bond acceptors (Lipinski definition) is 2. The lowest BCUT2D eigenvalue weighted by molar-refractivity contribution is 1.18. The fraction of sp³-hybridized carbons (Fsp3) is 0. The largest absolute Gasteiger partial charge is 0.293 e.